The molecule has 9 nitrogen and oxygen atoms in total. The highest BCUT2D eigenvalue weighted by molar-refractivity contribution is 7.99. The molecule has 5 rings (SSSR count). The lowest BCUT2D eigenvalue weighted by Gasteiger charge is -2.39. The second-order valence-electron chi connectivity index (χ2n) is 7.74. The Morgan fingerprint density at radius 3 is 2.69 bits per heavy atom. The summed E-state index contributed by atoms with van der Waals surface area (Å²) >= 11 is 1.34. The molecule has 4 N–H and O–H groups in total. The number of hydrogen-bond donors (Lipinski definition) is 2. The maximum absolute atomic E-state index is 6.23. The van der Waals surface area contributed by atoms with Crippen molar-refractivity contribution in [2.24, 2.45) is 5.41 Å². The molecule has 150 valence electrons. The highest BCUT2D eigenvalue weighted by Gasteiger charge is 2.42. The van der Waals surface area contributed by atoms with E-state index in [4.69, 9.17) is 20.9 Å². The van der Waals surface area contributed by atoms with E-state index in [-0.39, 0.29) is 11.4 Å². The Balaban J connectivity index is 1.31. The fourth-order valence-electron chi connectivity index (χ4n) is 4.28. The Hall–Kier alpha value is -2.88. The van der Waals surface area contributed by atoms with Gasteiger partial charge in [0.15, 0.2) is 18.0 Å². The first kappa shape index (κ1) is 18.2. The minimum Gasteiger partial charge on any atom is -0.448 e. The van der Waals surface area contributed by atoms with Crippen LogP contribution < -0.4 is 16.4 Å². The van der Waals surface area contributed by atoms with Crippen molar-refractivity contribution in [3.63, 3.8) is 0 Å². The number of fused-ring (bicyclic) bond motifs is 1. The standard InChI is InChI=1S/C19H22N8OS/c1-11-16(26-15(20)17(24-11)29-14-2-5-22-18(21)25-14)27-6-3-19(4-7-27)8-12-13(9-19)28-10-23-12/h2,5,10H,3-4,6-9H2,1H3,(H2,20,26)(H2,21,22,25). The Labute approximate surface area is 172 Å². The fourth-order valence-corrected chi connectivity index (χ4v) is 5.07. The van der Waals surface area contributed by atoms with Gasteiger partial charge in [-0.1, -0.05) is 0 Å². The van der Waals surface area contributed by atoms with Gasteiger partial charge in [0.25, 0.3) is 0 Å². The number of hydrogen-bond acceptors (Lipinski definition) is 10. The van der Waals surface area contributed by atoms with Crippen molar-refractivity contribution in [2.75, 3.05) is 29.5 Å². The Morgan fingerprint density at radius 2 is 1.93 bits per heavy atom. The van der Waals surface area contributed by atoms with Gasteiger partial charge in [-0.05, 0) is 49.4 Å². The molecule has 3 aromatic heterocycles. The number of aromatic nitrogens is 5. The van der Waals surface area contributed by atoms with Crippen LogP contribution in [0.15, 0.2) is 33.1 Å². The summed E-state index contributed by atoms with van der Waals surface area (Å²) in [5.41, 5.74) is 14.1. The van der Waals surface area contributed by atoms with Crippen LogP contribution in [0.3, 0.4) is 0 Å². The van der Waals surface area contributed by atoms with Crippen molar-refractivity contribution >= 4 is 29.3 Å². The van der Waals surface area contributed by atoms with Gasteiger partial charge in [-0.25, -0.2) is 24.9 Å². The van der Waals surface area contributed by atoms with Crippen LogP contribution >= 0.6 is 11.8 Å². The van der Waals surface area contributed by atoms with Crippen molar-refractivity contribution in [1.29, 1.82) is 0 Å². The second-order valence-corrected chi connectivity index (χ2v) is 8.75. The van der Waals surface area contributed by atoms with E-state index in [9.17, 15) is 0 Å². The van der Waals surface area contributed by atoms with Gasteiger partial charge in [0.2, 0.25) is 5.95 Å². The molecule has 3 aromatic rings. The summed E-state index contributed by atoms with van der Waals surface area (Å²) in [4.78, 5) is 24.1. The van der Waals surface area contributed by atoms with Crippen LogP contribution in [0.1, 0.15) is 30.0 Å². The summed E-state index contributed by atoms with van der Waals surface area (Å²) < 4.78 is 5.54. The number of anilines is 3. The van der Waals surface area contributed by atoms with Crippen LogP contribution in [-0.2, 0) is 12.8 Å². The van der Waals surface area contributed by atoms with Gasteiger partial charge >= 0.3 is 0 Å². The van der Waals surface area contributed by atoms with Gasteiger partial charge in [-0.3, -0.25) is 0 Å². The molecular weight excluding hydrogens is 388 g/mol. The normalized spacial score (nSPS) is 17.6. The topological polar surface area (TPSA) is 133 Å². The van der Waals surface area contributed by atoms with E-state index in [0.717, 1.165) is 61.7 Å². The number of nitrogens with two attached hydrogens (primary N) is 2. The molecule has 0 aromatic carbocycles. The number of aryl methyl sites for hydroxylation is 1. The smallest absolute Gasteiger partial charge is 0.221 e. The predicted molar refractivity (Wildman–Crippen MR) is 110 cm³/mol. The van der Waals surface area contributed by atoms with Gasteiger partial charge in [0.05, 0.1) is 11.4 Å². The van der Waals surface area contributed by atoms with Crippen LogP contribution in [0.5, 0.6) is 0 Å². The number of oxazole rings is 1. The minimum atomic E-state index is 0.223. The van der Waals surface area contributed by atoms with E-state index in [1.165, 1.54) is 11.8 Å². The van der Waals surface area contributed by atoms with Crippen LogP contribution in [0.2, 0.25) is 0 Å². The molecule has 2 aliphatic rings. The van der Waals surface area contributed by atoms with Gasteiger partial charge in [0, 0.05) is 25.7 Å². The summed E-state index contributed by atoms with van der Waals surface area (Å²) in [7, 11) is 0. The molecule has 0 atom stereocenters. The van der Waals surface area contributed by atoms with Gasteiger partial charge in [-0.2, -0.15) is 0 Å². The van der Waals surface area contributed by atoms with E-state index in [2.05, 4.69) is 24.8 Å². The fraction of sp³-hybridized carbons (Fsp3) is 0.421. The summed E-state index contributed by atoms with van der Waals surface area (Å²) in [6.07, 6.45) is 7.33. The van der Waals surface area contributed by atoms with Crippen molar-refractivity contribution in [3.8, 4) is 0 Å². The highest BCUT2D eigenvalue weighted by atomic mass is 32.2. The Bertz CT molecular complexity index is 1040. The van der Waals surface area contributed by atoms with E-state index in [0.29, 0.717) is 15.9 Å². The third kappa shape index (κ3) is 3.37. The third-order valence-corrected chi connectivity index (χ3v) is 6.75. The molecule has 1 aliphatic heterocycles. The molecule has 10 heteroatoms. The average Bonchev–Trinajstić information content (AvgIpc) is 3.25. The number of nitrogen functional groups attached to an aromatic ring is 2. The SMILES string of the molecule is Cc1nc(Sc2ccnc(N)n2)c(N)nc1N1CCC2(CC1)Cc1ncoc1C2. The molecule has 0 unspecified atom stereocenters. The Kier molecular flexibility index (Phi) is 4.30. The quantitative estimate of drug-likeness (QED) is 0.619. The highest BCUT2D eigenvalue weighted by Crippen LogP contribution is 2.45. The molecule has 0 bridgehead atoms. The first-order valence-corrected chi connectivity index (χ1v) is 10.4. The van der Waals surface area contributed by atoms with Crippen molar-refractivity contribution in [3.05, 3.63) is 35.8 Å². The minimum absolute atomic E-state index is 0.223. The first-order valence-electron chi connectivity index (χ1n) is 9.58. The van der Waals surface area contributed by atoms with Crippen LogP contribution in [0.4, 0.5) is 17.6 Å². The monoisotopic (exact) mass is 410 g/mol. The lowest BCUT2D eigenvalue weighted by molar-refractivity contribution is 0.221. The molecule has 4 heterocycles. The number of piperidine rings is 1. The summed E-state index contributed by atoms with van der Waals surface area (Å²) in [6.45, 7) is 3.82. The zero-order chi connectivity index (χ0) is 20.0. The maximum Gasteiger partial charge on any atom is 0.221 e. The number of nitrogens with zero attached hydrogens (tertiary/aromatic N) is 6. The Morgan fingerprint density at radius 1 is 1.10 bits per heavy atom. The van der Waals surface area contributed by atoms with Crippen LogP contribution in [0, 0.1) is 12.3 Å². The lowest BCUT2D eigenvalue weighted by Crippen LogP contribution is -2.41. The van der Waals surface area contributed by atoms with E-state index >= 15 is 0 Å². The zero-order valence-electron chi connectivity index (χ0n) is 16.1. The maximum atomic E-state index is 6.23. The lowest BCUT2D eigenvalue weighted by atomic mass is 9.76. The molecule has 0 saturated carbocycles. The summed E-state index contributed by atoms with van der Waals surface area (Å²) in [5.74, 6) is 2.54. The molecule has 1 fully saturated rings. The second kappa shape index (κ2) is 6.87. The summed E-state index contributed by atoms with van der Waals surface area (Å²) in [6, 6.07) is 1.77. The summed E-state index contributed by atoms with van der Waals surface area (Å²) in [5, 5.41) is 1.32. The zero-order valence-corrected chi connectivity index (χ0v) is 16.9. The van der Waals surface area contributed by atoms with Crippen LogP contribution in [-0.4, -0.2) is 38.0 Å². The predicted octanol–water partition coefficient (Wildman–Crippen LogP) is 2.26. The van der Waals surface area contributed by atoms with Crippen LogP contribution in [0.25, 0.3) is 0 Å². The van der Waals surface area contributed by atoms with Gasteiger partial charge < -0.3 is 20.8 Å². The van der Waals surface area contributed by atoms with Gasteiger partial charge in [0.1, 0.15) is 15.8 Å². The van der Waals surface area contributed by atoms with E-state index in [1.54, 1.807) is 18.7 Å². The molecule has 0 radical (unpaired) electrons. The molecule has 1 spiro atoms. The molecule has 29 heavy (non-hydrogen) atoms. The van der Waals surface area contributed by atoms with E-state index < -0.39 is 0 Å². The molecule has 0 amide bonds. The first-order chi connectivity index (χ1) is 14.0. The van der Waals surface area contributed by atoms with Gasteiger partial charge in [-0.15, -0.1) is 0 Å². The molecule has 1 aliphatic carbocycles. The average molecular weight is 411 g/mol. The third-order valence-electron chi connectivity index (χ3n) is 5.82. The molecule has 1 saturated heterocycles. The van der Waals surface area contributed by atoms with Crippen molar-refractivity contribution < 1.29 is 4.42 Å². The molecular formula is C19H22N8OS. The van der Waals surface area contributed by atoms with E-state index in [1.807, 2.05) is 6.92 Å². The largest absolute Gasteiger partial charge is 0.448 e. The number of rotatable bonds is 3. The van der Waals surface area contributed by atoms with Crippen molar-refractivity contribution in [2.45, 2.75) is 42.7 Å². The van der Waals surface area contributed by atoms with Crippen molar-refractivity contribution in [1.82, 2.24) is 24.9 Å².